The Labute approximate surface area is 77.1 Å². The van der Waals surface area contributed by atoms with Crippen LogP contribution in [0.2, 0.25) is 0 Å². The SMILES string of the molecule is CCOC(=O)[C@@H]1CCC[C@@]1(O)C#N. The summed E-state index contributed by atoms with van der Waals surface area (Å²) in [7, 11) is 0. The van der Waals surface area contributed by atoms with E-state index in [-0.39, 0.29) is 6.61 Å². The number of hydrogen-bond acceptors (Lipinski definition) is 4. The third kappa shape index (κ3) is 1.81. The van der Waals surface area contributed by atoms with Crippen LogP contribution >= 0.6 is 0 Å². The van der Waals surface area contributed by atoms with Gasteiger partial charge in [0.2, 0.25) is 0 Å². The summed E-state index contributed by atoms with van der Waals surface area (Å²) >= 11 is 0. The van der Waals surface area contributed by atoms with Crippen molar-refractivity contribution < 1.29 is 14.6 Å². The summed E-state index contributed by atoms with van der Waals surface area (Å²) in [6, 6.07) is 1.78. The van der Waals surface area contributed by atoms with Crippen LogP contribution in [0, 0.1) is 17.2 Å². The summed E-state index contributed by atoms with van der Waals surface area (Å²) in [6.45, 7) is 2.00. The maximum absolute atomic E-state index is 11.3. The second-order valence-corrected chi connectivity index (χ2v) is 3.23. The van der Waals surface area contributed by atoms with Gasteiger partial charge in [0.05, 0.1) is 18.6 Å². The molecule has 0 saturated heterocycles. The fraction of sp³-hybridized carbons (Fsp3) is 0.778. The highest BCUT2D eigenvalue weighted by molar-refractivity contribution is 5.75. The van der Waals surface area contributed by atoms with E-state index in [9.17, 15) is 9.90 Å². The fourth-order valence-corrected chi connectivity index (χ4v) is 1.68. The second kappa shape index (κ2) is 3.75. The van der Waals surface area contributed by atoms with E-state index in [4.69, 9.17) is 10.00 Å². The van der Waals surface area contributed by atoms with Gasteiger partial charge in [-0.15, -0.1) is 0 Å². The number of aliphatic hydroxyl groups is 1. The van der Waals surface area contributed by atoms with Crippen molar-refractivity contribution in [2.75, 3.05) is 6.61 Å². The molecule has 0 bridgehead atoms. The van der Waals surface area contributed by atoms with Gasteiger partial charge in [0.1, 0.15) is 0 Å². The van der Waals surface area contributed by atoms with E-state index in [0.29, 0.717) is 19.3 Å². The van der Waals surface area contributed by atoms with Crippen molar-refractivity contribution in [1.29, 1.82) is 5.26 Å². The third-order valence-electron chi connectivity index (χ3n) is 2.39. The molecule has 1 fully saturated rings. The van der Waals surface area contributed by atoms with Crippen molar-refractivity contribution in [1.82, 2.24) is 0 Å². The first-order chi connectivity index (χ1) is 6.14. The van der Waals surface area contributed by atoms with E-state index < -0.39 is 17.5 Å². The van der Waals surface area contributed by atoms with Crippen LogP contribution in [0.4, 0.5) is 0 Å². The molecule has 1 saturated carbocycles. The number of hydrogen-bond donors (Lipinski definition) is 1. The lowest BCUT2D eigenvalue weighted by Gasteiger charge is -2.20. The quantitative estimate of drug-likeness (QED) is 0.503. The van der Waals surface area contributed by atoms with E-state index >= 15 is 0 Å². The molecule has 4 heteroatoms. The Kier molecular flexibility index (Phi) is 2.89. The van der Waals surface area contributed by atoms with Crippen LogP contribution in [0.5, 0.6) is 0 Å². The molecule has 4 nitrogen and oxygen atoms in total. The molecule has 2 atom stereocenters. The lowest BCUT2D eigenvalue weighted by molar-refractivity contribution is -0.153. The second-order valence-electron chi connectivity index (χ2n) is 3.23. The van der Waals surface area contributed by atoms with Gasteiger partial charge in [-0.1, -0.05) is 0 Å². The molecular formula is C9H13NO3. The molecule has 0 amide bonds. The maximum Gasteiger partial charge on any atom is 0.312 e. The first-order valence-corrected chi connectivity index (χ1v) is 4.44. The molecule has 13 heavy (non-hydrogen) atoms. The summed E-state index contributed by atoms with van der Waals surface area (Å²) < 4.78 is 4.77. The molecule has 1 aliphatic carbocycles. The molecule has 0 aromatic carbocycles. The monoisotopic (exact) mass is 183 g/mol. The van der Waals surface area contributed by atoms with Crippen molar-refractivity contribution >= 4 is 5.97 Å². The number of carbonyl (C=O) groups excluding carboxylic acids is 1. The van der Waals surface area contributed by atoms with Gasteiger partial charge >= 0.3 is 5.97 Å². The molecule has 0 unspecified atom stereocenters. The van der Waals surface area contributed by atoms with Gasteiger partial charge in [0.15, 0.2) is 5.60 Å². The predicted octanol–water partition coefficient (Wildman–Crippen LogP) is 0.604. The van der Waals surface area contributed by atoms with E-state index in [0.717, 1.165) is 0 Å². The smallest absolute Gasteiger partial charge is 0.312 e. The zero-order valence-electron chi connectivity index (χ0n) is 7.62. The minimum atomic E-state index is -1.49. The highest BCUT2D eigenvalue weighted by Gasteiger charge is 2.46. The Morgan fingerprint density at radius 1 is 1.85 bits per heavy atom. The maximum atomic E-state index is 11.3. The molecule has 1 N–H and O–H groups in total. The summed E-state index contributed by atoms with van der Waals surface area (Å²) in [6.07, 6.45) is 1.61. The first kappa shape index (κ1) is 10.0. The highest BCUT2D eigenvalue weighted by Crippen LogP contribution is 2.35. The largest absolute Gasteiger partial charge is 0.466 e. The van der Waals surface area contributed by atoms with Crippen molar-refractivity contribution in [3.8, 4) is 6.07 Å². The van der Waals surface area contributed by atoms with Crippen molar-refractivity contribution in [2.24, 2.45) is 5.92 Å². The zero-order valence-corrected chi connectivity index (χ0v) is 7.62. The molecule has 0 aromatic rings. The van der Waals surface area contributed by atoms with Gasteiger partial charge in [0, 0.05) is 0 Å². The molecule has 0 heterocycles. The van der Waals surface area contributed by atoms with Crippen LogP contribution in [0.25, 0.3) is 0 Å². The lowest BCUT2D eigenvalue weighted by atomic mass is 9.92. The van der Waals surface area contributed by atoms with Crippen LogP contribution in [0.1, 0.15) is 26.2 Å². The number of nitriles is 1. The van der Waals surface area contributed by atoms with Crippen LogP contribution in [-0.4, -0.2) is 23.3 Å². The van der Waals surface area contributed by atoms with E-state index in [1.807, 2.05) is 0 Å². The molecule has 1 aliphatic rings. The first-order valence-electron chi connectivity index (χ1n) is 4.44. The highest BCUT2D eigenvalue weighted by atomic mass is 16.5. The lowest BCUT2D eigenvalue weighted by Crippen LogP contribution is -2.37. The van der Waals surface area contributed by atoms with E-state index in [1.54, 1.807) is 13.0 Å². The van der Waals surface area contributed by atoms with Crippen LogP contribution in [0.15, 0.2) is 0 Å². The molecule has 0 aliphatic heterocycles. The van der Waals surface area contributed by atoms with Crippen molar-refractivity contribution in [2.45, 2.75) is 31.8 Å². The number of esters is 1. The Morgan fingerprint density at radius 3 is 3.08 bits per heavy atom. The van der Waals surface area contributed by atoms with E-state index in [2.05, 4.69) is 0 Å². The summed E-state index contributed by atoms with van der Waals surface area (Å²) in [5.41, 5.74) is -1.49. The van der Waals surface area contributed by atoms with Crippen LogP contribution in [0.3, 0.4) is 0 Å². The molecular weight excluding hydrogens is 170 g/mol. The van der Waals surface area contributed by atoms with Crippen LogP contribution < -0.4 is 0 Å². The summed E-state index contributed by atoms with van der Waals surface area (Å²) in [4.78, 5) is 11.3. The number of rotatable bonds is 2. The molecule has 72 valence electrons. The number of nitrogens with zero attached hydrogens (tertiary/aromatic N) is 1. The Hall–Kier alpha value is -1.08. The van der Waals surface area contributed by atoms with E-state index in [1.165, 1.54) is 0 Å². The van der Waals surface area contributed by atoms with Crippen LogP contribution in [-0.2, 0) is 9.53 Å². The van der Waals surface area contributed by atoms with Gasteiger partial charge in [-0.05, 0) is 26.2 Å². The Morgan fingerprint density at radius 2 is 2.54 bits per heavy atom. The molecule has 1 rings (SSSR count). The fourth-order valence-electron chi connectivity index (χ4n) is 1.68. The Balaban J connectivity index is 2.70. The van der Waals surface area contributed by atoms with Crippen molar-refractivity contribution in [3.05, 3.63) is 0 Å². The van der Waals surface area contributed by atoms with Gasteiger partial charge in [-0.2, -0.15) is 5.26 Å². The Bertz CT molecular complexity index is 246. The third-order valence-corrected chi connectivity index (χ3v) is 2.39. The average molecular weight is 183 g/mol. The number of ether oxygens (including phenoxy) is 1. The predicted molar refractivity (Wildman–Crippen MR) is 44.5 cm³/mol. The zero-order chi connectivity index (χ0) is 9.90. The topological polar surface area (TPSA) is 70.3 Å². The van der Waals surface area contributed by atoms with Crippen molar-refractivity contribution in [3.63, 3.8) is 0 Å². The molecule has 0 radical (unpaired) electrons. The summed E-state index contributed by atoms with van der Waals surface area (Å²) in [5.74, 6) is -1.11. The molecule has 0 aromatic heterocycles. The minimum Gasteiger partial charge on any atom is -0.466 e. The average Bonchev–Trinajstić information content (AvgIpc) is 2.49. The van der Waals surface area contributed by atoms with Gasteiger partial charge in [0.25, 0.3) is 0 Å². The minimum absolute atomic E-state index is 0.289. The molecule has 0 spiro atoms. The summed E-state index contributed by atoms with van der Waals surface area (Å²) in [5, 5.41) is 18.4. The van der Waals surface area contributed by atoms with Gasteiger partial charge in [-0.25, -0.2) is 0 Å². The van der Waals surface area contributed by atoms with Gasteiger partial charge < -0.3 is 9.84 Å². The standard InChI is InChI=1S/C9H13NO3/c1-2-13-8(11)7-4-3-5-9(7,12)6-10/h7,12H,2-5H2,1H3/t7-,9+/m0/s1. The normalized spacial score (nSPS) is 32.5. The van der Waals surface area contributed by atoms with Gasteiger partial charge in [-0.3, -0.25) is 4.79 Å². The number of carbonyl (C=O) groups is 1.